The molecule has 0 aliphatic heterocycles. The quantitative estimate of drug-likeness (QED) is 0.766. The Morgan fingerprint density at radius 2 is 1.83 bits per heavy atom. The van der Waals surface area contributed by atoms with Gasteiger partial charge in [0.2, 0.25) is 0 Å². The number of ketones is 3. The fourth-order valence-corrected chi connectivity index (χ4v) is 7.94. The van der Waals surface area contributed by atoms with E-state index < -0.39 is 11.4 Å². The summed E-state index contributed by atoms with van der Waals surface area (Å²) in [6.45, 7) is 6.37. The van der Waals surface area contributed by atoms with Crippen molar-refractivity contribution < 1.29 is 24.3 Å². The number of aliphatic carboxylic acids is 1. The SMILES string of the molecule is C[C@H](CCC(=O)O)[C@H]1CC[C@@H]2C3C(=O)CC4CC(=O)CC[C@]4(C)C3CC(=O)[C@@]21C. The summed E-state index contributed by atoms with van der Waals surface area (Å²) >= 11 is 0. The van der Waals surface area contributed by atoms with E-state index in [1.807, 2.05) is 0 Å². The Balaban J connectivity index is 1.63. The molecule has 0 heterocycles. The van der Waals surface area contributed by atoms with Gasteiger partial charge in [-0.15, -0.1) is 0 Å². The third-order valence-corrected chi connectivity index (χ3v) is 9.72. The summed E-state index contributed by atoms with van der Waals surface area (Å²) in [7, 11) is 0. The molecule has 5 nitrogen and oxygen atoms in total. The van der Waals surface area contributed by atoms with Crippen molar-refractivity contribution in [1.82, 2.24) is 0 Å². The summed E-state index contributed by atoms with van der Waals surface area (Å²) in [5.74, 6) is 0.524. The maximum absolute atomic E-state index is 13.6. The number of hydrogen-bond acceptors (Lipinski definition) is 4. The lowest BCUT2D eigenvalue weighted by Gasteiger charge is -2.58. The number of carboxylic acid groups (broad SMARTS) is 1. The first-order chi connectivity index (χ1) is 13.6. The predicted molar refractivity (Wildman–Crippen MR) is 107 cm³/mol. The molecular formula is C24H34O5. The van der Waals surface area contributed by atoms with Crippen LogP contribution in [0.1, 0.15) is 78.6 Å². The minimum Gasteiger partial charge on any atom is -0.481 e. The molecular weight excluding hydrogens is 368 g/mol. The van der Waals surface area contributed by atoms with Crippen LogP contribution in [0.25, 0.3) is 0 Å². The van der Waals surface area contributed by atoms with Gasteiger partial charge in [-0.1, -0.05) is 20.8 Å². The Morgan fingerprint density at radius 1 is 1.10 bits per heavy atom. The number of Topliss-reactive ketones (excluding diaryl/α,β-unsaturated/α-hetero) is 3. The molecule has 29 heavy (non-hydrogen) atoms. The molecule has 3 unspecified atom stereocenters. The molecule has 4 saturated carbocycles. The number of fused-ring (bicyclic) bond motifs is 5. The second-order valence-electron chi connectivity index (χ2n) is 10.9. The molecule has 4 fully saturated rings. The van der Waals surface area contributed by atoms with Gasteiger partial charge in [0.15, 0.2) is 0 Å². The average Bonchev–Trinajstić information content (AvgIpc) is 3.01. The standard InChI is InChI=1S/C24H34O5/c1-13(4-7-21(28)29)16-5-6-17-22-18(12-20(27)24(16,17)3)23(2)9-8-15(25)10-14(23)11-19(22)26/h13-14,16-18,22H,4-12H2,1-3H3,(H,28,29)/t13-,14?,16-,17-,18?,22?,23+,24-/m1/s1. The Morgan fingerprint density at radius 3 is 2.52 bits per heavy atom. The lowest BCUT2D eigenvalue weighted by Crippen LogP contribution is -2.60. The highest BCUT2D eigenvalue weighted by Crippen LogP contribution is 2.66. The number of carboxylic acids is 1. The van der Waals surface area contributed by atoms with E-state index in [1.165, 1.54) is 0 Å². The third-order valence-electron chi connectivity index (χ3n) is 9.72. The van der Waals surface area contributed by atoms with E-state index in [1.54, 1.807) is 0 Å². The normalized spacial score (nSPS) is 45.3. The van der Waals surface area contributed by atoms with Crippen molar-refractivity contribution in [2.45, 2.75) is 78.6 Å². The van der Waals surface area contributed by atoms with Crippen LogP contribution >= 0.6 is 0 Å². The summed E-state index contributed by atoms with van der Waals surface area (Å²) in [5, 5.41) is 9.06. The van der Waals surface area contributed by atoms with E-state index >= 15 is 0 Å². The Labute approximate surface area is 173 Å². The highest BCUT2D eigenvalue weighted by molar-refractivity contribution is 5.93. The van der Waals surface area contributed by atoms with Crippen LogP contribution in [0.4, 0.5) is 0 Å². The largest absolute Gasteiger partial charge is 0.481 e. The molecule has 160 valence electrons. The van der Waals surface area contributed by atoms with Crippen molar-refractivity contribution in [3.8, 4) is 0 Å². The first-order valence-electron chi connectivity index (χ1n) is 11.4. The molecule has 0 aromatic heterocycles. The van der Waals surface area contributed by atoms with E-state index in [9.17, 15) is 19.2 Å². The molecule has 0 aromatic carbocycles. The summed E-state index contributed by atoms with van der Waals surface area (Å²) < 4.78 is 0. The molecule has 0 saturated heterocycles. The number of rotatable bonds is 4. The van der Waals surface area contributed by atoms with Crippen molar-refractivity contribution >= 4 is 23.3 Å². The van der Waals surface area contributed by atoms with Gasteiger partial charge in [0, 0.05) is 43.4 Å². The zero-order valence-electron chi connectivity index (χ0n) is 17.9. The lowest BCUT2D eigenvalue weighted by atomic mass is 9.44. The molecule has 0 bridgehead atoms. The molecule has 4 aliphatic carbocycles. The number of carbonyl (C=O) groups excluding carboxylic acids is 3. The van der Waals surface area contributed by atoms with Gasteiger partial charge < -0.3 is 5.11 Å². The second kappa shape index (κ2) is 7.02. The van der Waals surface area contributed by atoms with E-state index in [4.69, 9.17) is 5.11 Å². The van der Waals surface area contributed by atoms with Crippen LogP contribution in [0.2, 0.25) is 0 Å². The van der Waals surface area contributed by atoms with Crippen molar-refractivity contribution in [1.29, 1.82) is 0 Å². The molecule has 0 amide bonds. The zero-order chi connectivity index (χ0) is 21.1. The van der Waals surface area contributed by atoms with Crippen LogP contribution in [0.5, 0.6) is 0 Å². The van der Waals surface area contributed by atoms with Gasteiger partial charge in [0.05, 0.1) is 0 Å². The highest BCUT2D eigenvalue weighted by Gasteiger charge is 2.66. The summed E-state index contributed by atoms with van der Waals surface area (Å²) in [6, 6.07) is 0. The molecule has 5 heteroatoms. The van der Waals surface area contributed by atoms with Crippen LogP contribution in [0.15, 0.2) is 0 Å². The summed E-state index contributed by atoms with van der Waals surface area (Å²) in [4.78, 5) is 50.0. The van der Waals surface area contributed by atoms with Crippen LogP contribution in [-0.4, -0.2) is 28.4 Å². The lowest BCUT2D eigenvalue weighted by molar-refractivity contribution is -0.166. The van der Waals surface area contributed by atoms with Crippen molar-refractivity contribution in [2.24, 2.45) is 46.3 Å². The van der Waals surface area contributed by atoms with Crippen LogP contribution in [0.3, 0.4) is 0 Å². The summed E-state index contributed by atoms with van der Waals surface area (Å²) in [5.41, 5.74) is -0.598. The van der Waals surface area contributed by atoms with E-state index in [0.29, 0.717) is 32.1 Å². The number of carbonyl (C=O) groups is 4. The van der Waals surface area contributed by atoms with Gasteiger partial charge in [-0.25, -0.2) is 0 Å². The minimum absolute atomic E-state index is 0.0659. The Kier molecular flexibility index (Phi) is 5.02. The van der Waals surface area contributed by atoms with Crippen molar-refractivity contribution in [3.05, 3.63) is 0 Å². The monoisotopic (exact) mass is 402 g/mol. The summed E-state index contributed by atoms with van der Waals surface area (Å²) in [6.07, 6.45) is 5.33. The first kappa shape index (κ1) is 20.7. The molecule has 0 spiro atoms. The molecule has 4 rings (SSSR count). The van der Waals surface area contributed by atoms with Gasteiger partial charge in [-0.2, -0.15) is 0 Å². The van der Waals surface area contributed by atoms with Crippen LogP contribution < -0.4 is 0 Å². The van der Waals surface area contributed by atoms with Gasteiger partial charge in [-0.05, 0) is 60.7 Å². The average molecular weight is 403 g/mol. The van der Waals surface area contributed by atoms with Crippen LogP contribution in [0, 0.1) is 46.3 Å². The molecule has 0 aromatic rings. The smallest absolute Gasteiger partial charge is 0.303 e. The van der Waals surface area contributed by atoms with Gasteiger partial charge >= 0.3 is 5.97 Å². The van der Waals surface area contributed by atoms with Gasteiger partial charge in [0.25, 0.3) is 0 Å². The van der Waals surface area contributed by atoms with E-state index in [-0.39, 0.29) is 64.7 Å². The Hall–Kier alpha value is -1.52. The van der Waals surface area contributed by atoms with Crippen molar-refractivity contribution in [3.63, 3.8) is 0 Å². The van der Waals surface area contributed by atoms with Gasteiger partial charge in [0.1, 0.15) is 17.3 Å². The Bertz CT molecular complexity index is 756. The molecule has 4 aliphatic rings. The minimum atomic E-state index is -0.792. The van der Waals surface area contributed by atoms with E-state index in [0.717, 1.165) is 19.3 Å². The fraction of sp³-hybridized carbons (Fsp3) is 0.833. The third kappa shape index (κ3) is 3.02. The van der Waals surface area contributed by atoms with E-state index in [2.05, 4.69) is 20.8 Å². The maximum Gasteiger partial charge on any atom is 0.303 e. The molecule has 0 radical (unpaired) electrons. The second-order valence-corrected chi connectivity index (χ2v) is 10.9. The topological polar surface area (TPSA) is 88.5 Å². The van der Waals surface area contributed by atoms with Crippen LogP contribution in [-0.2, 0) is 19.2 Å². The molecule has 8 atom stereocenters. The highest BCUT2D eigenvalue weighted by atomic mass is 16.4. The fourth-order valence-electron chi connectivity index (χ4n) is 7.94. The first-order valence-corrected chi connectivity index (χ1v) is 11.4. The predicted octanol–water partition coefficient (Wildman–Crippen LogP) is 4.07. The number of hydrogen-bond donors (Lipinski definition) is 1. The van der Waals surface area contributed by atoms with Gasteiger partial charge in [-0.3, -0.25) is 19.2 Å². The molecule has 1 N–H and O–H groups in total. The maximum atomic E-state index is 13.6. The van der Waals surface area contributed by atoms with Crippen molar-refractivity contribution in [2.75, 3.05) is 0 Å². The zero-order valence-corrected chi connectivity index (χ0v) is 17.9.